The van der Waals surface area contributed by atoms with Crippen molar-refractivity contribution in [2.24, 2.45) is 11.5 Å². The molecule has 2 aromatic rings. The van der Waals surface area contributed by atoms with Crippen LogP contribution >= 0.6 is 23.5 Å². The predicted octanol–water partition coefficient (Wildman–Crippen LogP) is 0.728. The van der Waals surface area contributed by atoms with Gasteiger partial charge in [0, 0.05) is 35.7 Å². The molecular formula is C38H54N8O6S2. The number of hydrogen-bond acceptors (Lipinski definition) is 10. The monoisotopic (exact) mass is 782 g/mol. The van der Waals surface area contributed by atoms with Crippen LogP contribution in [0.3, 0.4) is 0 Å². The molecule has 2 saturated heterocycles. The molecule has 2 unspecified atom stereocenters. The van der Waals surface area contributed by atoms with Crippen LogP contribution in [0.4, 0.5) is 0 Å². The van der Waals surface area contributed by atoms with Crippen molar-refractivity contribution in [3.05, 3.63) is 71.8 Å². The highest BCUT2D eigenvalue weighted by Gasteiger charge is 2.51. The smallest absolute Gasteiger partial charge is 0.242 e. The fourth-order valence-corrected chi connectivity index (χ4v) is 9.72. The van der Waals surface area contributed by atoms with Crippen LogP contribution in [0.25, 0.3) is 0 Å². The number of nitrogens with zero attached hydrogens (tertiary/aromatic N) is 2. The summed E-state index contributed by atoms with van der Waals surface area (Å²) < 4.78 is -1.32. The fraction of sp³-hybridized carbons (Fsp3) is 0.526. The highest BCUT2D eigenvalue weighted by molar-refractivity contribution is 8.01. The minimum absolute atomic E-state index is 0.0773. The number of benzene rings is 2. The Morgan fingerprint density at radius 2 is 0.981 bits per heavy atom. The average molecular weight is 783 g/mol. The Hall–Kier alpha value is -4.12. The summed E-state index contributed by atoms with van der Waals surface area (Å²) in [6, 6.07) is 14.8. The third-order valence-electron chi connectivity index (χ3n) is 9.70. The van der Waals surface area contributed by atoms with Crippen molar-refractivity contribution >= 4 is 59.0 Å². The Balaban J connectivity index is 1.38. The summed E-state index contributed by atoms with van der Waals surface area (Å²) >= 11 is 2.73. The highest BCUT2D eigenvalue weighted by atomic mass is 32.2. The minimum atomic E-state index is -1.05. The number of carbonyl (C=O) groups excluding carboxylic acids is 6. The zero-order chi connectivity index (χ0) is 39.8. The lowest BCUT2D eigenvalue weighted by molar-refractivity contribution is -0.138. The third-order valence-corrected chi connectivity index (χ3v) is 12.7. The van der Waals surface area contributed by atoms with Crippen molar-refractivity contribution < 1.29 is 28.8 Å². The number of nitrogens with two attached hydrogens (primary N) is 2. The van der Waals surface area contributed by atoms with Gasteiger partial charge in [-0.2, -0.15) is 0 Å². The van der Waals surface area contributed by atoms with E-state index in [9.17, 15) is 28.8 Å². The number of thioether (sulfide) groups is 2. The van der Waals surface area contributed by atoms with E-state index in [4.69, 9.17) is 11.5 Å². The molecule has 2 fully saturated rings. The van der Waals surface area contributed by atoms with Crippen LogP contribution < -0.4 is 32.7 Å². The van der Waals surface area contributed by atoms with Gasteiger partial charge in [0.15, 0.2) is 0 Å². The molecule has 0 saturated carbocycles. The number of carbonyl (C=O) groups is 6. The van der Waals surface area contributed by atoms with Crippen LogP contribution in [-0.2, 0) is 41.6 Å². The van der Waals surface area contributed by atoms with E-state index in [1.807, 2.05) is 102 Å². The number of primary amides is 2. The first-order chi connectivity index (χ1) is 25.5. The summed E-state index contributed by atoms with van der Waals surface area (Å²) in [4.78, 5) is 82.3. The van der Waals surface area contributed by atoms with Gasteiger partial charge in [-0.25, -0.2) is 0 Å². The number of amides is 6. The Kier molecular flexibility index (Phi) is 14.6. The first kappa shape index (κ1) is 42.6. The molecule has 294 valence electrons. The summed E-state index contributed by atoms with van der Waals surface area (Å²) in [6.45, 7) is 12.6. The van der Waals surface area contributed by atoms with Crippen molar-refractivity contribution in [2.45, 2.75) is 98.8 Å². The first-order valence-corrected chi connectivity index (χ1v) is 19.9. The van der Waals surface area contributed by atoms with Crippen molar-refractivity contribution in [3.63, 3.8) is 0 Å². The second-order valence-corrected chi connectivity index (χ2v) is 18.1. The Bertz CT molecular complexity index is 1540. The summed E-state index contributed by atoms with van der Waals surface area (Å²) in [6.07, 6.45) is 0.155. The third kappa shape index (κ3) is 10.8. The van der Waals surface area contributed by atoms with Gasteiger partial charge < -0.3 is 31.9 Å². The molecule has 2 heterocycles. The molecule has 16 heteroatoms. The van der Waals surface area contributed by atoms with Gasteiger partial charge in [0.1, 0.15) is 24.2 Å². The predicted molar refractivity (Wildman–Crippen MR) is 212 cm³/mol. The van der Waals surface area contributed by atoms with E-state index >= 15 is 0 Å². The highest BCUT2D eigenvalue weighted by Crippen LogP contribution is 2.41. The van der Waals surface area contributed by atoms with Crippen molar-refractivity contribution in [1.82, 2.24) is 31.1 Å². The van der Waals surface area contributed by atoms with Crippen LogP contribution in [0.2, 0.25) is 0 Å². The van der Waals surface area contributed by atoms with Crippen LogP contribution in [0.5, 0.6) is 0 Å². The van der Waals surface area contributed by atoms with Gasteiger partial charge in [0.05, 0.1) is 23.6 Å². The number of nitrogens with one attached hydrogen (secondary N) is 4. The maximum Gasteiger partial charge on any atom is 0.242 e. The average Bonchev–Trinajstić information content (AvgIpc) is 3.61. The molecule has 0 radical (unpaired) electrons. The summed E-state index contributed by atoms with van der Waals surface area (Å²) in [5, 5.41) is 10.8. The fourth-order valence-electron chi connectivity index (χ4n) is 6.71. The van der Waals surface area contributed by atoms with E-state index < -0.39 is 56.2 Å². The molecule has 2 aliphatic heterocycles. The topological polar surface area (TPSA) is 209 Å². The van der Waals surface area contributed by atoms with E-state index in [1.54, 1.807) is 9.80 Å². The molecule has 54 heavy (non-hydrogen) atoms. The molecule has 0 bridgehead atoms. The standard InChI is InChI=1S/C38H54N8O6S2/c1-7-45(35(51)29-37(3,4)53-33(43-29)27(31(39)49)41-25(47)21-23-15-11-9-12-16-23)19-20-46(8-2)36(52)30-38(5,6)54-34(44-30)28(32(40)50)42-26(48)22-24-17-13-10-14-18-24/h9-18,27-30,33-34,43-44H,7-8,19-22H2,1-6H3,(H2,39,49)(H2,40,50)(H,41,47)(H,42,48)/t27?,28?,29-,30-,33+,34+/m0/s1. The number of hydrogen-bond donors (Lipinski definition) is 6. The van der Waals surface area contributed by atoms with Gasteiger partial charge in [-0.1, -0.05) is 60.7 Å². The Morgan fingerprint density at radius 1 is 0.648 bits per heavy atom. The van der Waals surface area contributed by atoms with Crippen LogP contribution in [0.15, 0.2) is 60.7 Å². The molecule has 8 N–H and O–H groups in total. The Labute approximate surface area is 326 Å². The van der Waals surface area contributed by atoms with Crippen LogP contribution in [-0.4, -0.2) is 116 Å². The van der Waals surface area contributed by atoms with E-state index in [1.165, 1.54) is 23.5 Å². The van der Waals surface area contributed by atoms with E-state index in [0.717, 1.165) is 11.1 Å². The van der Waals surface area contributed by atoms with Crippen molar-refractivity contribution in [2.75, 3.05) is 26.2 Å². The maximum absolute atomic E-state index is 14.1. The molecule has 4 rings (SSSR count). The molecule has 0 aromatic heterocycles. The van der Waals surface area contributed by atoms with E-state index in [-0.39, 0.29) is 49.6 Å². The maximum atomic E-state index is 14.1. The largest absolute Gasteiger partial charge is 0.368 e. The normalized spacial score (nSPS) is 22.4. The zero-order valence-corrected chi connectivity index (χ0v) is 33.4. The van der Waals surface area contributed by atoms with Gasteiger partial charge >= 0.3 is 0 Å². The lowest BCUT2D eigenvalue weighted by atomic mass is 10.0. The Morgan fingerprint density at radius 3 is 1.28 bits per heavy atom. The molecule has 6 atom stereocenters. The zero-order valence-electron chi connectivity index (χ0n) is 31.8. The number of rotatable bonds is 17. The van der Waals surface area contributed by atoms with Gasteiger partial charge in [-0.15, -0.1) is 23.5 Å². The van der Waals surface area contributed by atoms with Gasteiger partial charge in [-0.3, -0.25) is 39.4 Å². The van der Waals surface area contributed by atoms with Gasteiger partial charge in [0.25, 0.3) is 0 Å². The lowest BCUT2D eigenvalue weighted by Gasteiger charge is -2.34. The van der Waals surface area contributed by atoms with Crippen LogP contribution in [0.1, 0.15) is 52.7 Å². The lowest BCUT2D eigenvalue weighted by Crippen LogP contribution is -2.59. The molecular weight excluding hydrogens is 729 g/mol. The van der Waals surface area contributed by atoms with E-state index in [0.29, 0.717) is 13.1 Å². The minimum Gasteiger partial charge on any atom is -0.368 e. The molecule has 2 aliphatic rings. The van der Waals surface area contributed by atoms with Gasteiger partial charge in [0.2, 0.25) is 35.4 Å². The number of likely N-dealkylation sites (N-methyl/N-ethyl adjacent to an activating group) is 2. The second-order valence-electron chi connectivity index (χ2n) is 14.5. The van der Waals surface area contributed by atoms with E-state index in [2.05, 4.69) is 21.3 Å². The molecule has 0 spiro atoms. The quantitative estimate of drug-likeness (QED) is 0.133. The van der Waals surface area contributed by atoms with Crippen molar-refractivity contribution in [3.8, 4) is 0 Å². The summed E-state index contributed by atoms with van der Waals surface area (Å²) in [7, 11) is 0. The molecule has 14 nitrogen and oxygen atoms in total. The molecule has 6 amide bonds. The van der Waals surface area contributed by atoms with Gasteiger partial charge in [-0.05, 0) is 52.7 Å². The SMILES string of the molecule is CCN(CCN(CC)C(=O)[C@@H]1N[C@@H](C(NC(=O)Cc2ccccc2)C(N)=O)SC1(C)C)C(=O)[C@@H]1N[C@@H](C(NC(=O)Cc2ccccc2)C(N)=O)SC1(C)C. The second kappa shape index (κ2) is 18.5. The molecule has 0 aliphatic carbocycles. The van der Waals surface area contributed by atoms with Crippen LogP contribution in [0, 0.1) is 0 Å². The van der Waals surface area contributed by atoms with Crippen molar-refractivity contribution in [1.29, 1.82) is 0 Å². The summed E-state index contributed by atoms with van der Waals surface area (Å²) in [5.41, 5.74) is 13.1. The first-order valence-electron chi connectivity index (χ1n) is 18.2. The summed E-state index contributed by atoms with van der Waals surface area (Å²) in [5.74, 6) is -2.55. The molecule has 2 aromatic carbocycles.